The Morgan fingerprint density at radius 2 is 1.82 bits per heavy atom. The van der Waals surface area contributed by atoms with Crippen molar-refractivity contribution < 1.29 is 9.53 Å². The Labute approximate surface area is 207 Å². The Bertz CT molecular complexity index is 1120. The average Bonchev–Trinajstić information content (AvgIpc) is 3.43. The Kier molecular flexibility index (Phi) is 7.59. The van der Waals surface area contributed by atoms with Crippen LogP contribution >= 0.6 is 11.6 Å². The molecule has 1 atom stereocenters. The van der Waals surface area contributed by atoms with Crippen LogP contribution in [0.2, 0.25) is 5.02 Å². The predicted octanol–water partition coefficient (Wildman–Crippen LogP) is 4.96. The molecule has 6 nitrogen and oxygen atoms in total. The highest BCUT2D eigenvalue weighted by molar-refractivity contribution is 6.30. The molecular weight excluding hydrogens is 448 g/mol. The van der Waals surface area contributed by atoms with E-state index in [-0.39, 0.29) is 12.0 Å². The molecule has 0 radical (unpaired) electrons. The van der Waals surface area contributed by atoms with Crippen molar-refractivity contribution in [3.05, 3.63) is 76.1 Å². The summed E-state index contributed by atoms with van der Waals surface area (Å²) in [6.07, 6.45) is 2.46. The summed E-state index contributed by atoms with van der Waals surface area (Å²) in [4.78, 5) is 17.6. The lowest BCUT2D eigenvalue weighted by molar-refractivity contribution is -0.132. The minimum absolute atomic E-state index is 0.0917. The zero-order valence-corrected chi connectivity index (χ0v) is 21.2. The van der Waals surface area contributed by atoms with Crippen molar-refractivity contribution in [2.75, 3.05) is 32.1 Å². The van der Waals surface area contributed by atoms with Crippen LogP contribution in [-0.2, 0) is 22.5 Å². The quantitative estimate of drug-likeness (QED) is 0.457. The average molecular weight is 481 g/mol. The lowest BCUT2D eigenvalue weighted by atomic mass is 10.1. The number of carbonyl (C=O) groups excluding carboxylic acids is 1. The number of hydrogen-bond acceptors (Lipinski definition) is 4. The van der Waals surface area contributed by atoms with E-state index in [1.165, 1.54) is 0 Å². The van der Waals surface area contributed by atoms with E-state index in [9.17, 15) is 4.79 Å². The van der Waals surface area contributed by atoms with Crippen LogP contribution in [0, 0.1) is 13.8 Å². The number of benzene rings is 2. The number of aromatic nitrogens is 2. The van der Waals surface area contributed by atoms with Crippen LogP contribution < -0.4 is 4.90 Å². The molecule has 7 heteroatoms. The number of ether oxygens (including phenoxy) is 1. The Morgan fingerprint density at radius 1 is 1.12 bits per heavy atom. The molecule has 0 N–H and O–H groups in total. The smallest absolute Gasteiger partial charge is 0.227 e. The number of anilines is 1. The lowest BCUT2D eigenvalue weighted by Crippen LogP contribution is -2.38. The van der Waals surface area contributed by atoms with Crippen LogP contribution in [0.1, 0.15) is 35.4 Å². The van der Waals surface area contributed by atoms with E-state index in [1.807, 2.05) is 61.8 Å². The van der Waals surface area contributed by atoms with Crippen molar-refractivity contribution in [2.24, 2.45) is 0 Å². The summed E-state index contributed by atoms with van der Waals surface area (Å²) in [5.41, 5.74) is 6.00. The maximum atomic E-state index is 13.6. The second kappa shape index (κ2) is 10.6. The van der Waals surface area contributed by atoms with E-state index in [2.05, 4.69) is 29.2 Å². The molecule has 1 aliphatic rings. The molecular formula is C27H33ClN4O2. The molecule has 0 saturated carbocycles. The predicted molar refractivity (Wildman–Crippen MR) is 137 cm³/mol. The van der Waals surface area contributed by atoms with Crippen molar-refractivity contribution >= 4 is 23.2 Å². The van der Waals surface area contributed by atoms with Gasteiger partial charge in [-0.1, -0.05) is 23.7 Å². The van der Waals surface area contributed by atoms with Crippen molar-refractivity contribution in [2.45, 2.75) is 45.8 Å². The number of halogens is 1. The fraction of sp³-hybridized carbons (Fsp3) is 0.407. The number of rotatable bonds is 8. The van der Waals surface area contributed by atoms with Crippen LogP contribution in [0.3, 0.4) is 0 Å². The number of amides is 1. The normalized spacial score (nSPS) is 15.5. The third kappa shape index (κ3) is 5.62. The first-order valence-corrected chi connectivity index (χ1v) is 12.2. The standard InChI is InChI=1S/C27H33ClN4O2/c1-19-26(20(2)32(29-19)24-13-9-22(28)10-14-24)16-27(33)31(18-25-6-5-15-34-25)17-21-7-11-23(12-8-21)30(3)4/h7-14,25H,5-6,15-18H2,1-4H3. The molecule has 2 heterocycles. The maximum Gasteiger partial charge on any atom is 0.227 e. The molecule has 1 saturated heterocycles. The van der Waals surface area contributed by atoms with Crippen molar-refractivity contribution in [1.29, 1.82) is 0 Å². The molecule has 34 heavy (non-hydrogen) atoms. The van der Waals surface area contributed by atoms with E-state index >= 15 is 0 Å². The molecule has 0 aliphatic carbocycles. The van der Waals surface area contributed by atoms with E-state index in [1.54, 1.807) is 0 Å². The van der Waals surface area contributed by atoms with Gasteiger partial charge in [0, 0.05) is 55.8 Å². The van der Waals surface area contributed by atoms with Gasteiger partial charge in [-0.25, -0.2) is 4.68 Å². The Morgan fingerprint density at radius 3 is 2.44 bits per heavy atom. The summed E-state index contributed by atoms with van der Waals surface area (Å²) in [5.74, 6) is 0.0917. The molecule has 1 aliphatic heterocycles. The number of aryl methyl sites for hydroxylation is 1. The lowest BCUT2D eigenvalue weighted by Gasteiger charge is -2.26. The van der Waals surface area contributed by atoms with Crippen LogP contribution in [0.4, 0.5) is 5.69 Å². The topological polar surface area (TPSA) is 50.6 Å². The third-order valence-electron chi connectivity index (χ3n) is 6.47. The largest absolute Gasteiger partial charge is 0.378 e. The van der Waals surface area contributed by atoms with Gasteiger partial charge in [-0.15, -0.1) is 0 Å². The van der Waals surface area contributed by atoms with Gasteiger partial charge in [-0.3, -0.25) is 4.79 Å². The summed E-state index contributed by atoms with van der Waals surface area (Å²) in [7, 11) is 4.05. The molecule has 1 aromatic heterocycles. The number of hydrogen-bond donors (Lipinski definition) is 0. The summed E-state index contributed by atoms with van der Waals surface area (Å²) in [5, 5.41) is 5.39. The first kappa shape index (κ1) is 24.3. The highest BCUT2D eigenvalue weighted by atomic mass is 35.5. The van der Waals surface area contributed by atoms with Crippen LogP contribution in [0.15, 0.2) is 48.5 Å². The Hall–Kier alpha value is -2.83. The molecule has 4 rings (SSSR count). The summed E-state index contributed by atoms with van der Waals surface area (Å²) >= 11 is 6.05. The van der Waals surface area contributed by atoms with Gasteiger partial charge in [-0.05, 0) is 68.7 Å². The second-order valence-corrected chi connectivity index (χ2v) is 9.62. The van der Waals surface area contributed by atoms with Crippen molar-refractivity contribution in [3.63, 3.8) is 0 Å². The highest BCUT2D eigenvalue weighted by Gasteiger charge is 2.25. The fourth-order valence-electron chi connectivity index (χ4n) is 4.44. The van der Waals surface area contributed by atoms with Gasteiger partial charge < -0.3 is 14.5 Å². The first-order valence-electron chi connectivity index (χ1n) is 11.8. The zero-order chi connectivity index (χ0) is 24.2. The van der Waals surface area contributed by atoms with E-state index < -0.39 is 0 Å². The molecule has 1 fully saturated rings. The van der Waals surface area contributed by atoms with E-state index in [0.717, 1.165) is 53.3 Å². The number of nitrogens with zero attached hydrogens (tertiary/aromatic N) is 4. The molecule has 1 unspecified atom stereocenters. The van der Waals surface area contributed by atoms with Crippen molar-refractivity contribution in [1.82, 2.24) is 14.7 Å². The van der Waals surface area contributed by atoms with Gasteiger partial charge in [0.25, 0.3) is 0 Å². The van der Waals surface area contributed by atoms with E-state index in [0.29, 0.717) is 24.5 Å². The molecule has 1 amide bonds. The Balaban J connectivity index is 1.54. The van der Waals surface area contributed by atoms with Gasteiger partial charge in [0.15, 0.2) is 0 Å². The third-order valence-corrected chi connectivity index (χ3v) is 6.72. The van der Waals surface area contributed by atoms with Crippen molar-refractivity contribution in [3.8, 4) is 5.69 Å². The highest BCUT2D eigenvalue weighted by Crippen LogP contribution is 2.22. The fourth-order valence-corrected chi connectivity index (χ4v) is 4.56. The second-order valence-electron chi connectivity index (χ2n) is 9.18. The van der Waals surface area contributed by atoms with Gasteiger partial charge >= 0.3 is 0 Å². The van der Waals surface area contributed by atoms with E-state index in [4.69, 9.17) is 21.4 Å². The molecule has 180 valence electrons. The van der Waals surface area contributed by atoms with Gasteiger partial charge in [0.1, 0.15) is 0 Å². The first-order chi connectivity index (χ1) is 16.3. The zero-order valence-electron chi connectivity index (χ0n) is 20.4. The molecule has 3 aromatic rings. The molecule has 0 spiro atoms. The molecule has 2 aromatic carbocycles. The SMILES string of the molecule is Cc1nn(-c2ccc(Cl)cc2)c(C)c1CC(=O)N(Cc1ccc(N(C)C)cc1)CC1CCCO1. The van der Waals surface area contributed by atoms with Gasteiger partial charge in [0.05, 0.1) is 23.9 Å². The summed E-state index contributed by atoms with van der Waals surface area (Å²) < 4.78 is 7.75. The van der Waals surface area contributed by atoms with Crippen LogP contribution in [-0.4, -0.2) is 53.9 Å². The van der Waals surface area contributed by atoms with Gasteiger partial charge in [-0.2, -0.15) is 5.10 Å². The minimum Gasteiger partial charge on any atom is -0.378 e. The summed E-state index contributed by atoms with van der Waals surface area (Å²) in [6, 6.07) is 16.0. The minimum atomic E-state index is 0.0917. The molecule has 0 bridgehead atoms. The van der Waals surface area contributed by atoms with Crippen LogP contribution in [0.5, 0.6) is 0 Å². The monoisotopic (exact) mass is 480 g/mol. The maximum absolute atomic E-state index is 13.6. The summed E-state index contributed by atoms with van der Waals surface area (Å²) in [6.45, 7) is 5.93. The van der Waals surface area contributed by atoms with Gasteiger partial charge in [0.2, 0.25) is 5.91 Å². The number of carbonyl (C=O) groups is 1. The van der Waals surface area contributed by atoms with Crippen LogP contribution in [0.25, 0.3) is 5.69 Å².